The molecule has 1 saturated heterocycles. The predicted octanol–water partition coefficient (Wildman–Crippen LogP) is 5.37. The summed E-state index contributed by atoms with van der Waals surface area (Å²) < 4.78 is 19.3. The number of benzene rings is 2. The topological polar surface area (TPSA) is 32.8 Å². The average Bonchev–Trinajstić information content (AvgIpc) is 2.82. The molecule has 5 heteroatoms. The van der Waals surface area contributed by atoms with Gasteiger partial charge in [-0.15, -0.1) is 0 Å². The molecule has 0 unspecified atom stereocenters. The molecule has 172 valence electrons. The van der Waals surface area contributed by atoms with E-state index in [-0.39, 0.29) is 30.4 Å². The normalized spacial score (nSPS) is 22.7. The van der Waals surface area contributed by atoms with E-state index in [9.17, 15) is 9.18 Å². The van der Waals surface area contributed by atoms with Crippen LogP contribution in [0.3, 0.4) is 0 Å². The second-order valence-electron chi connectivity index (χ2n) is 9.46. The number of halogens is 1. The van der Waals surface area contributed by atoms with Gasteiger partial charge in [-0.3, -0.25) is 9.69 Å². The summed E-state index contributed by atoms with van der Waals surface area (Å²) in [6.07, 6.45) is 6.28. The molecule has 0 N–H and O–H groups in total. The zero-order valence-corrected chi connectivity index (χ0v) is 19.3. The molecule has 1 aliphatic heterocycles. The van der Waals surface area contributed by atoms with Gasteiger partial charge in [0.25, 0.3) is 5.91 Å². The molecule has 4 rings (SSSR count). The molecule has 4 nitrogen and oxygen atoms in total. The summed E-state index contributed by atoms with van der Waals surface area (Å²) in [6.45, 7) is 6.56. The Kier molecular flexibility index (Phi) is 7.46. The minimum atomic E-state index is -0.212. The lowest BCUT2D eigenvalue weighted by Crippen LogP contribution is -2.58. The third kappa shape index (κ3) is 5.50. The number of rotatable bonds is 6. The van der Waals surface area contributed by atoms with Gasteiger partial charge in [-0.25, -0.2) is 4.39 Å². The average molecular weight is 439 g/mol. The number of hydrogen-bond donors (Lipinski definition) is 0. The van der Waals surface area contributed by atoms with Gasteiger partial charge < -0.3 is 9.64 Å². The van der Waals surface area contributed by atoms with Crippen LogP contribution in [0.15, 0.2) is 48.5 Å². The minimum absolute atomic E-state index is 0.0456. The summed E-state index contributed by atoms with van der Waals surface area (Å²) in [4.78, 5) is 17.4. The molecule has 2 fully saturated rings. The highest BCUT2D eigenvalue weighted by atomic mass is 19.1. The number of nitrogens with zero attached hydrogens (tertiary/aromatic N) is 2. The predicted molar refractivity (Wildman–Crippen MR) is 125 cm³/mol. The Bertz CT molecular complexity index is 895. The number of hydrogen-bond acceptors (Lipinski definition) is 3. The van der Waals surface area contributed by atoms with Gasteiger partial charge in [0.15, 0.2) is 6.61 Å². The number of piperazine rings is 1. The highest BCUT2D eigenvalue weighted by Gasteiger charge is 2.32. The van der Waals surface area contributed by atoms with Crippen LogP contribution in [0.1, 0.15) is 63.0 Å². The van der Waals surface area contributed by atoms with Crippen LogP contribution in [0.4, 0.5) is 4.39 Å². The number of amides is 1. The van der Waals surface area contributed by atoms with Gasteiger partial charge in [-0.1, -0.05) is 49.6 Å². The second-order valence-corrected chi connectivity index (χ2v) is 9.46. The molecule has 0 aromatic heterocycles. The third-order valence-corrected chi connectivity index (χ3v) is 7.05. The van der Waals surface area contributed by atoms with E-state index in [4.69, 9.17) is 4.74 Å². The number of ether oxygens (including phenoxy) is 1. The highest BCUT2D eigenvalue weighted by Crippen LogP contribution is 2.37. The fourth-order valence-electron chi connectivity index (χ4n) is 5.18. The molecule has 2 aromatic carbocycles. The second kappa shape index (κ2) is 10.5. The Morgan fingerprint density at radius 1 is 0.969 bits per heavy atom. The first-order chi connectivity index (χ1) is 15.5. The maximum atomic E-state index is 13.2. The molecule has 0 spiro atoms. The Morgan fingerprint density at radius 2 is 1.69 bits per heavy atom. The molecule has 1 aliphatic carbocycles. The van der Waals surface area contributed by atoms with Crippen LogP contribution in [0.25, 0.3) is 0 Å². The Labute approximate surface area is 191 Å². The molecular formula is C27H35FN2O2. The Hall–Kier alpha value is -2.40. The van der Waals surface area contributed by atoms with E-state index in [1.54, 1.807) is 0 Å². The van der Waals surface area contributed by atoms with Crippen LogP contribution in [-0.2, 0) is 11.3 Å². The van der Waals surface area contributed by atoms with Crippen molar-refractivity contribution in [2.24, 2.45) is 0 Å². The first kappa shape index (κ1) is 22.8. The number of para-hydroxylation sites is 1. The van der Waals surface area contributed by atoms with E-state index >= 15 is 0 Å². The number of carbonyl (C=O) groups is 1. The first-order valence-corrected chi connectivity index (χ1v) is 12.0. The van der Waals surface area contributed by atoms with Gasteiger partial charge in [0, 0.05) is 31.7 Å². The summed E-state index contributed by atoms with van der Waals surface area (Å²) in [5, 5.41) is 0. The van der Waals surface area contributed by atoms with Crippen molar-refractivity contribution in [2.75, 3.05) is 19.7 Å². The standard InChI is InChI=1S/C27H35FN2O2/c1-20-17-30(21(2)16-29(20)18-22-12-14-24(28)15-13-22)27(31)19-32-26-11-7-6-10-25(26)23-8-4-3-5-9-23/h6-7,10-15,20-21,23H,3-5,8-9,16-19H2,1-2H3/t20-,21+/m0/s1. The molecule has 1 amide bonds. The van der Waals surface area contributed by atoms with Crippen LogP contribution in [0.5, 0.6) is 5.75 Å². The van der Waals surface area contributed by atoms with Gasteiger partial charge in [0.1, 0.15) is 11.6 Å². The van der Waals surface area contributed by atoms with E-state index in [1.165, 1.54) is 49.8 Å². The Balaban J connectivity index is 1.34. The lowest BCUT2D eigenvalue weighted by molar-refractivity contribution is -0.139. The molecule has 2 atom stereocenters. The summed E-state index contributed by atoms with van der Waals surface area (Å²) in [6, 6.07) is 15.2. The van der Waals surface area contributed by atoms with Gasteiger partial charge in [0.05, 0.1) is 0 Å². The fourth-order valence-corrected chi connectivity index (χ4v) is 5.18. The SMILES string of the molecule is C[C@@H]1CN(Cc2ccc(F)cc2)[C@@H](C)CN1C(=O)COc1ccccc1C1CCCCC1. The van der Waals surface area contributed by atoms with Crippen molar-refractivity contribution in [3.05, 3.63) is 65.5 Å². The van der Waals surface area contributed by atoms with Crippen LogP contribution in [-0.4, -0.2) is 47.5 Å². The van der Waals surface area contributed by atoms with Crippen molar-refractivity contribution in [1.82, 2.24) is 9.80 Å². The maximum Gasteiger partial charge on any atom is 0.260 e. The van der Waals surface area contributed by atoms with Crippen molar-refractivity contribution < 1.29 is 13.9 Å². The molecule has 1 saturated carbocycles. The van der Waals surface area contributed by atoms with Crippen LogP contribution in [0.2, 0.25) is 0 Å². The zero-order chi connectivity index (χ0) is 22.5. The van der Waals surface area contributed by atoms with E-state index in [0.717, 1.165) is 24.4 Å². The zero-order valence-electron chi connectivity index (χ0n) is 19.3. The summed E-state index contributed by atoms with van der Waals surface area (Å²) in [5.41, 5.74) is 2.35. The molecule has 32 heavy (non-hydrogen) atoms. The van der Waals surface area contributed by atoms with E-state index in [1.807, 2.05) is 29.2 Å². The third-order valence-electron chi connectivity index (χ3n) is 7.05. The van der Waals surface area contributed by atoms with Crippen LogP contribution >= 0.6 is 0 Å². The number of carbonyl (C=O) groups excluding carboxylic acids is 1. The van der Waals surface area contributed by atoms with Gasteiger partial charge in [-0.2, -0.15) is 0 Å². The first-order valence-electron chi connectivity index (χ1n) is 12.0. The smallest absolute Gasteiger partial charge is 0.260 e. The van der Waals surface area contributed by atoms with Gasteiger partial charge in [0.2, 0.25) is 0 Å². The van der Waals surface area contributed by atoms with E-state index in [2.05, 4.69) is 30.9 Å². The summed E-state index contributed by atoms with van der Waals surface area (Å²) in [7, 11) is 0. The Morgan fingerprint density at radius 3 is 2.44 bits per heavy atom. The minimum Gasteiger partial charge on any atom is -0.483 e. The van der Waals surface area contributed by atoms with Crippen molar-refractivity contribution >= 4 is 5.91 Å². The fraction of sp³-hybridized carbons (Fsp3) is 0.519. The van der Waals surface area contributed by atoms with E-state index in [0.29, 0.717) is 12.5 Å². The lowest BCUT2D eigenvalue weighted by atomic mass is 9.84. The van der Waals surface area contributed by atoms with E-state index < -0.39 is 0 Å². The molecule has 2 aliphatic rings. The summed E-state index contributed by atoms with van der Waals surface area (Å²) in [5.74, 6) is 1.24. The van der Waals surface area contributed by atoms with Crippen molar-refractivity contribution in [3.8, 4) is 5.75 Å². The molecule has 0 radical (unpaired) electrons. The monoisotopic (exact) mass is 438 g/mol. The maximum absolute atomic E-state index is 13.2. The molecular weight excluding hydrogens is 403 g/mol. The highest BCUT2D eigenvalue weighted by molar-refractivity contribution is 5.78. The van der Waals surface area contributed by atoms with Crippen LogP contribution in [0, 0.1) is 5.82 Å². The van der Waals surface area contributed by atoms with Crippen molar-refractivity contribution in [1.29, 1.82) is 0 Å². The lowest BCUT2D eigenvalue weighted by Gasteiger charge is -2.44. The van der Waals surface area contributed by atoms with Crippen molar-refractivity contribution in [3.63, 3.8) is 0 Å². The van der Waals surface area contributed by atoms with Crippen LogP contribution < -0.4 is 4.74 Å². The van der Waals surface area contributed by atoms with Gasteiger partial charge in [-0.05, 0) is 61.9 Å². The molecule has 2 aromatic rings. The quantitative estimate of drug-likeness (QED) is 0.608. The summed E-state index contributed by atoms with van der Waals surface area (Å²) >= 11 is 0. The van der Waals surface area contributed by atoms with Gasteiger partial charge >= 0.3 is 0 Å². The molecule has 0 bridgehead atoms. The molecule has 1 heterocycles. The van der Waals surface area contributed by atoms with Crippen molar-refractivity contribution in [2.45, 2.75) is 70.5 Å². The largest absolute Gasteiger partial charge is 0.483 e.